The second-order valence-corrected chi connectivity index (χ2v) is 6.81. The molecule has 0 fully saturated rings. The number of allylic oxidation sites excluding steroid dienone is 1. The van der Waals surface area contributed by atoms with Gasteiger partial charge in [0.1, 0.15) is 17.3 Å². The van der Waals surface area contributed by atoms with Gasteiger partial charge in [-0.3, -0.25) is 4.68 Å². The third kappa shape index (κ3) is 2.68. The number of rotatable bonds is 4. The number of nitrogens with two attached hydrogens (primary N) is 1. The summed E-state index contributed by atoms with van der Waals surface area (Å²) in [7, 11) is 0. The van der Waals surface area contributed by atoms with E-state index in [-0.39, 0.29) is 5.88 Å². The van der Waals surface area contributed by atoms with Crippen LogP contribution in [-0.2, 0) is 6.54 Å². The van der Waals surface area contributed by atoms with Gasteiger partial charge in [0, 0.05) is 12.7 Å². The first-order valence-electron chi connectivity index (χ1n) is 9.54. The number of nitrogens with zero attached hydrogens (tertiary/aromatic N) is 5. The Bertz CT molecular complexity index is 1280. The summed E-state index contributed by atoms with van der Waals surface area (Å²) in [5, 5.41) is 19.3. The number of benzene rings is 1. The molecule has 1 aliphatic rings. The molecule has 5 rings (SSSR count). The molecule has 2 N–H and O–H groups in total. The standard InChI is InChI=1S/C22H18N6O2/c1-2-27-11-10-16(25-27)18-15(13-23)21(24)30-22-19(18)20(17-9-6-12-29-17)26-28(22)14-7-4-3-5-8-14/h3-12,18H,2,24H2,1H3. The van der Waals surface area contributed by atoms with E-state index in [1.54, 1.807) is 17.0 Å². The summed E-state index contributed by atoms with van der Waals surface area (Å²) in [6, 6.07) is 17.3. The van der Waals surface area contributed by atoms with Crippen LogP contribution in [0.5, 0.6) is 5.88 Å². The fraction of sp³-hybridized carbons (Fsp3) is 0.136. The molecule has 4 heterocycles. The topological polar surface area (TPSA) is 108 Å². The van der Waals surface area contributed by atoms with Gasteiger partial charge >= 0.3 is 0 Å². The number of para-hydroxylation sites is 1. The van der Waals surface area contributed by atoms with Gasteiger partial charge in [0.2, 0.25) is 11.8 Å². The predicted molar refractivity (Wildman–Crippen MR) is 108 cm³/mol. The molecule has 1 aliphatic heterocycles. The second-order valence-electron chi connectivity index (χ2n) is 6.81. The molecule has 1 unspecified atom stereocenters. The highest BCUT2D eigenvalue weighted by atomic mass is 16.5. The van der Waals surface area contributed by atoms with Crippen LogP contribution in [0.2, 0.25) is 0 Å². The zero-order chi connectivity index (χ0) is 20.7. The quantitative estimate of drug-likeness (QED) is 0.563. The fourth-order valence-electron chi connectivity index (χ4n) is 3.68. The van der Waals surface area contributed by atoms with Gasteiger partial charge in [0.15, 0.2) is 5.76 Å². The maximum absolute atomic E-state index is 9.87. The second kappa shape index (κ2) is 6.97. The predicted octanol–water partition coefficient (Wildman–Crippen LogP) is 3.57. The number of furan rings is 1. The Labute approximate surface area is 172 Å². The molecule has 8 heteroatoms. The molecule has 1 aromatic carbocycles. The van der Waals surface area contributed by atoms with Gasteiger partial charge in [0.05, 0.1) is 29.1 Å². The lowest BCUT2D eigenvalue weighted by Gasteiger charge is -2.23. The molecule has 0 saturated heterocycles. The van der Waals surface area contributed by atoms with E-state index in [4.69, 9.17) is 20.0 Å². The maximum atomic E-state index is 9.87. The Kier molecular flexibility index (Phi) is 4.14. The SMILES string of the molecule is CCn1ccc(C2C(C#N)=C(N)Oc3c2c(-c2ccco2)nn3-c2ccccc2)n1. The van der Waals surface area contributed by atoms with Crippen LogP contribution < -0.4 is 10.5 Å². The lowest BCUT2D eigenvalue weighted by atomic mass is 9.87. The Hall–Kier alpha value is -4.25. The maximum Gasteiger partial charge on any atom is 0.229 e. The number of hydrogen-bond donors (Lipinski definition) is 1. The summed E-state index contributed by atoms with van der Waals surface area (Å²) in [6.45, 7) is 2.72. The Morgan fingerprint density at radius 2 is 1.97 bits per heavy atom. The van der Waals surface area contributed by atoms with E-state index in [0.29, 0.717) is 40.7 Å². The largest absolute Gasteiger partial charge is 0.463 e. The highest BCUT2D eigenvalue weighted by molar-refractivity contribution is 5.68. The first-order chi connectivity index (χ1) is 14.7. The number of aryl methyl sites for hydroxylation is 1. The monoisotopic (exact) mass is 398 g/mol. The molecule has 0 saturated carbocycles. The first kappa shape index (κ1) is 17.8. The lowest BCUT2D eigenvalue weighted by molar-refractivity contribution is 0.366. The van der Waals surface area contributed by atoms with Crippen LogP contribution in [0, 0.1) is 11.3 Å². The van der Waals surface area contributed by atoms with E-state index in [2.05, 4.69) is 11.2 Å². The van der Waals surface area contributed by atoms with Crippen molar-refractivity contribution in [3.8, 4) is 29.1 Å². The van der Waals surface area contributed by atoms with E-state index < -0.39 is 5.92 Å². The van der Waals surface area contributed by atoms with E-state index in [1.165, 1.54) is 0 Å². The van der Waals surface area contributed by atoms with Gasteiger partial charge in [-0.15, -0.1) is 0 Å². The summed E-state index contributed by atoms with van der Waals surface area (Å²) in [6.07, 6.45) is 3.47. The van der Waals surface area contributed by atoms with Crippen LogP contribution in [0.1, 0.15) is 24.1 Å². The highest BCUT2D eigenvalue weighted by Gasteiger charge is 2.39. The van der Waals surface area contributed by atoms with Crippen LogP contribution >= 0.6 is 0 Å². The normalized spacial score (nSPS) is 15.5. The molecular weight excluding hydrogens is 380 g/mol. The van der Waals surface area contributed by atoms with E-state index in [0.717, 1.165) is 5.69 Å². The minimum atomic E-state index is -0.524. The Morgan fingerprint density at radius 1 is 1.13 bits per heavy atom. The third-order valence-corrected chi connectivity index (χ3v) is 5.08. The molecular formula is C22H18N6O2. The molecule has 0 spiro atoms. The van der Waals surface area contributed by atoms with Crippen molar-refractivity contribution in [1.29, 1.82) is 5.26 Å². The number of hydrogen-bond acceptors (Lipinski definition) is 6. The average Bonchev–Trinajstić information content (AvgIpc) is 3.52. The molecule has 4 aromatic rings. The third-order valence-electron chi connectivity index (χ3n) is 5.08. The van der Waals surface area contributed by atoms with E-state index >= 15 is 0 Å². The molecule has 148 valence electrons. The van der Waals surface area contributed by atoms with Crippen molar-refractivity contribution in [3.05, 3.63) is 83.7 Å². The summed E-state index contributed by atoms with van der Waals surface area (Å²) in [5.74, 6) is 0.538. The summed E-state index contributed by atoms with van der Waals surface area (Å²) in [4.78, 5) is 0. The van der Waals surface area contributed by atoms with Gasteiger partial charge in [0.25, 0.3) is 0 Å². The fourth-order valence-corrected chi connectivity index (χ4v) is 3.68. The smallest absolute Gasteiger partial charge is 0.229 e. The first-order valence-corrected chi connectivity index (χ1v) is 9.54. The minimum Gasteiger partial charge on any atom is -0.463 e. The molecule has 0 radical (unpaired) electrons. The molecule has 3 aromatic heterocycles. The van der Waals surface area contributed by atoms with E-state index in [9.17, 15) is 5.26 Å². The molecule has 0 bridgehead atoms. The van der Waals surface area contributed by atoms with Crippen LogP contribution in [0.25, 0.3) is 17.1 Å². The molecule has 0 amide bonds. The molecule has 8 nitrogen and oxygen atoms in total. The summed E-state index contributed by atoms with van der Waals surface area (Å²) in [5.41, 5.74) is 9.25. The molecule has 0 aliphatic carbocycles. The van der Waals surface area contributed by atoms with Crippen molar-refractivity contribution in [3.63, 3.8) is 0 Å². The van der Waals surface area contributed by atoms with Gasteiger partial charge in [-0.25, -0.2) is 0 Å². The number of nitriles is 1. The lowest BCUT2D eigenvalue weighted by Crippen LogP contribution is -2.22. The Morgan fingerprint density at radius 3 is 2.63 bits per heavy atom. The van der Waals surface area contributed by atoms with Crippen molar-refractivity contribution in [2.45, 2.75) is 19.4 Å². The van der Waals surface area contributed by atoms with Gasteiger partial charge in [-0.2, -0.15) is 20.1 Å². The minimum absolute atomic E-state index is 0.0455. The highest BCUT2D eigenvalue weighted by Crippen LogP contribution is 2.47. The van der Waals surface area contributed by atoms with Gasteiger partial charge in [-0.05, 0) is 37.3 Å². The zero-order valence-electron chi connectivity index (χ0n) is 16.2. The van der Waals surface area contributed by atoms with Crippen molar-refractivity contribution < 1.29 is 9.15 Å². The van der Waals surface area contributed by atoms with Crippen LogP contribution in [-0.4, -0.2) is 19.6 Å². The average molecular weight is 398 g/mol. The number of fused-ring (bicyclic) bond motifs is 1. The molecule has 30 heavy (non-hydrogen) atoms. The van der Waals surface area contributed by atoms with Crippen molar-refractivity contribution in [1.82, 2.24) is 19.6 Å². The molecule has 1 atom stereocenters. The number of ether oxygens (including phenoxy) is 1. The Balaban J connectivity index is 1.81. The van der Waals surface area contributed by atoms with Gasteiger partial charge < -0.3 is 14.9 Å². The van der Waals surface area contributed by atoms with Crippen LogP contribution in [0.3, 0.4) is 0 Å². The van der Waals surface area contributed by atoms with E-state index in [1.807, 2.05) is 60.3 Å². The van der Waals surface area contributed by atoms with Crippen molar-refractivity contribution in [2.24, 2.45) is 5.73 Å². The van der Waals surface area contributed by atoms with Crippen molar-refractivity contribution >= 4 is 0 Å². The van der Waals surface area contributed by atoms with Crippen molar-refractivity contribution in [2.75, 3.05) is 0 Å². The van der Waals surface area contributed by atoms with Gasteiger partial charge in [-0.1, -0.05) is 18.2 Å². The zero-order valence-corrected chi connectivity index (χ0v) is 16.2. The number of aromatic nitrogens is 4. The van der Waals surface area contributed by atoms with Crippen LogP contribution in [0.15, 0.2) is 76.9 Å². The van der Waals surface area contributed by atoms with Crippen LogP contribution in [0.4, 0.5) is 0 Å². The summed E-state index contributed by atoms with van der Waals surface area (Å²) < 4.78 is 15.1. The summed E-state index contributed by atoms with van der Waals surface area (Å²) >= 11 is 0.